The van der Waals surface area contributed by atoms with Crippen LogP contribution in [0.15, 0.2) is 0 Å². The minimum atomic E-state index is -0.322. The first kappa shape index (κ1) is 13.2. The average Bonchev–Trinajstić information content (AvgIpc) is 2.14. The van der Waals surface area contributed by atoms with Gasteiger partial charge in [-0.1, -0.05) is 20.8 Å². The van der Waals surface area contributed by atoms with Gasteiger partial charge in [-0.15, -0.1) is 0 Å². The van der Waals surface area contributed by atoms with Gasteiger partial charge in [-0.2, -0.15) is 0 Å². The number of amides is 1. The van der Waals surface area contributed by atoms with E-state index in [-0.39, 0.29) is 6.09 Å². The Balaban J connectivity index is 3.18. The standard InChI is InChI=1S/C10H22N2O2/c1-4-5-11-6-7-14-10(13)12-8-9(2)3/h9,11H,4-8H2,1-3H3,(H,12,13). The summed E-state index contributed by atoms with van der Waals surface area (Å²) in [4.78, 5) is 11.0. The molecule has 0 rings (SSSR count). The largest absolute Gasteiger partial charge is 0.448 e. The van der Waals surface area contributed by atoms with Gasteiger partial charge in [0.15, 0.2) is 0 Å². The summed E-state index contributed by atoms with van der Waals surface area (Å²) in [6.45, 7) is 8.99. The molecule has 0 bridgehead atoms. The molecule has 0 saturated carbocycles. The number of carbonyl (C=O) groups is 1. The highest BCUT2D eigenvalue weighted by atomic mass is 16.5. The van der Waals surface area contributed by atoms with Crippen molar-refractivity contribution in [1.29, 1.82) is 0 Å². The van der Waals surface area contributed by atoms with Crippen LogP contribution < -0.4 is 10.6 Å². The summed E-state index contributed by atoms with van der Waals surface area (Å²) >= 11 is 0. The van der Waals surface area contributed by atoms with Crippen molar-refractivity contribution in [1.82, 2.24) is 10.6 Å². The molecule has 2 N–H and O–H groups in total. The smallest absolute Gasteiger partial charge is 0.407 e. The van der Waals surface area contributed by atoms with Crippen molar-refractivity contribution in [2.45, 2.75) is 27.2 Å². The lowest BCUT2D eigenvalue weighted by atomic mass is 10.2. The Morgan fingerprint density at radius 3 is 2.64 bits per heavy atom. The molecule has 1 amide bonds. The molecule has 0 aromatic heterocycles. The lowest BCUT2D eigenvalue weighted by Gasteiger charge is -2.08. The second-order valence-electron chi connectivity index (χ2n) is 3.66. The van der Waals surface area contributed by atoms with Gasteiger partial charge in [0, 0.05) is 13.1 Å². The van der Waals surface area contributed by atoms with E-state index < -0.39 is 0 Å². The second kappa shape index (κ2) is 8.81. The molecule has 0 aliphatic rings. The van der Waals surface area contributed by atoms with Crippen LogP contribution in [0.5, 0.6) is 0 Å². The van der Waals surface area contributed by atoms with E-state index in [4.69, 9.17) is 4.74 Å². The molecule has 0 aliphatic carbocycles. The maximum absolute atomic E-state index is 11.0. The van der Waals surface area contributed by atoms with Gasteiger partial charge in [-0.25, -0.2) is 4.79 Å². The topological polar surface area (TPSA) is 50.4 Å². The summed E-state index contributed by atoms with van der Waals surface area (Å²) in [6, 6.07) is 0. The summed E-state index contributed by atoms with van der Waals surface area (Å²) in [7, 11) is 0. The van der Waals surface area contributed by atoms with Gasteiger partial charge in [0.25, 0.3) is 0 Å². The Labute approximate surface area is 86.4 Å². The van der Waals surface area contributed by atoms with Crippen LogP contribution in [0.3, 0.4) is 0 Å². The molecule has 0 saturated heterocycles. The Kier molecular flexibility index (Phi) is 8.33. The maximum Gasteiger partial charge on any atom is 0.407 e. The van der Waals surface area contributed by atoms with E-state index >= 15 is 0 Å². The number of hydrogen-bond acceptors (Lipinski definition) is 3. The number of carbonyl (C=O) groups excluding carboxylic acids is 1. The molecule has 0 spiro atoms. The zero-order valence-corrected chi connectivity index (χ0v) is 9.43. The van der Waals surface area contributed by atoms with E-state index in [1.54, 1.807) is 0 Å². The molecule has 0 aromatic carbocycles. The molecule has 0 radical (unpaired) electrons. The predicted octanol–water partition coefficient (Wildman–Crippen LogP) is 1.37. The summed E-state index contributed by atoms with van der Waals surface area (Å²) < 4.78 is 4.93. The second-order valence-corrected chi connectivity index (χ2v) is 3.66. The van der Waals surface area contributed by atoms with E-state index in [0.717, 1.165) is 19.5 Å². The quantitative estimate of drug-likeness (QED) is 0.613. The van der Waals surface area contributed by atoms with Gasteiger partial charge in [-0.05, 0) is 18.9 Å². The zero-order valence-electron chi connectivity index (χ0n) is 9.43. The first-order chi connectivity index (χ1) is 6.66. The molecule has 0 aliphatic heterocycles. The number of rotatable bonds is 7. The fourth-order valence-corrected chi connectivity index (χ4v) is 0.856. The molecule has 4 heteroatoms. The first-order valence-electron chi connectivity index (χ1n) is 5.28. The third kappa shape index (κ3) is 9.32. The van der Waals surface area contributed by atoms with E-state index in [9.17, 15) is 4.79 Å². The highest BCUT2D eigenvalue weighted by Gasteiger charge is 2.01. The third-order valence-corrected chi connectivity index (χ3v) is 1.59. The van der Waals surface area contributed by atoms with Crippen molar-refractivity contribution in [3.8, 4) is 0 Å². The molecule has 0 aromatic rings. The summed E-state index contributed by atoms with van der Waals surface area (Å²) in [6.07, 6.45) is 0.775. The van der Waals surface area contributed by atoms with Crippen LogP contribution in [0.25, 0.3) is 0 Å². The van der Waals surface area contributed by atoms with Gasteiger partial charge < -0.3 is 15.4 Å². The highest BCUT2D eigenvalue weighted by Crippen LogP contribution is 1.87. The average molecular weight is 202 g/mol. The first-order valence-corrected chi connectivity index (χ1v) is 5.28. The summed E-state index contributed by atoms with van der Waals surface area (Å²) in [5.74, 6) is 0.459. The maximum atomic E-state index is 11.0. The van der Waals surface area contributed by atoms with Crippen LogP contribution in [0.4, 0.5) is 4.79 Å². The number of nitrogens with one attached hydrogen (secondary N) is 2. The van der Waals surface area contributed by atoms with Crippen LogP contribution in [-0.4, -0.2) is 32.3 Å². The van der Waals surface area contributed by atoms with Gasteiger partial charge in [0.2, 0.25) is 0 Å². The van der Waals surface area contributed by atoms with Crippen LogP contribution >= 0.6 is 0 Å². The monoisotopic (exact) mass is 202 g/mol. The molecule has 0 atom stereocenters. The van der Waals surface area contributed by atoms with Crippen molar-refractivity contribution in [2.75, 3.05) is 26.2 Å². The molecular formula is C10H22N2O2. The van der Waals surface area contributed by atoms with Crippen LogP contribution in [-0.2, 0) is 4.74 Å². The third-order valence-electron chi connectivity index (χ3n) is 1.59. The molecule has 0 heterocycles. The van der Waals surface area contributed by atoms with E-state index in [2.05, 4.69) is 17.6 Å². The number of alkyl carbamates (subject to hydrolysis) is 1. The Morgan fingerprint density at radius 2 is 2.07 bits per heavy atom. The van der Waals surface area contributed by atoms with Gasteiger partial charge in [0.05, 0.1) is 0 Å². The van der Waals surface area contributed by atoms with Gasteiger partial charge in [-0.3, -0.25) is 0 Å². The minimum absolute atomic E-state index is 0.322. The van der Waals surface area contributed by atoms with E-state index in [0.29, 0.717) is 19.1 Å². The van der Waals surface area contributed by atoms with E-state index in [1.807, 2.05) is 13.8 Å². The van der Waals surface area contributed by atoms with Crippen molar-refractivity contribution >= 4 is 6.09 Å². The van der Waals surface area contributed by atoms with E-state index in [1.165, 1.54) is 0 Å². The fraction of sp³-hybridized carbons (Fsp3) is 0.900. The lowest BCUT2D eigenvalue weighted by Crippen LogP contribution is -2.30. The summed E-state index contributed by atoms with van der Waals surface area (Å²) in [5.41, 5.74) is 0. The minimum Gasteiger partial charge on any atom is -0.448 e. The van der Waals surface area contributed by atoms with Gasteiger partial charge >= 0.3 is 6.09 Å². The van der Waals surface area contributed by atoms with Gasteiger partial charge in [0.1, 0.15) is 6.61 Å². The molecular weight excluding hydrogens is 180 g/mol. The van der Waals surface area contributed by atoms with Crippen molar-refractivity contribution in [2.24, 2.45) is 5.92 Å². The zero-order chi connectivity index (χ0) is 10.8. The lowest BCUT2D eigenvalue weighted by molar-refractivity contribution is 0.145. The predicted molar refractivity (Wildman–Crippen MR) is 57.3 cm³/mol. The summed E-state index contributed by atoms with van der Waals surface area (Å²) in [5, 5.41) is 5.83. The Hall–Kier alpha value is -0.770. The van der Waals surface area contributed by atoms with Crippen LogP contribution in [0.2, 0.25) is 0 Å². The molecule has 14 heavy (non-hydrogen) atoms. The molecule has 4 nitrogen and oxygen atoms in total. The van der Waals surface area contributed by atoms with Crippen LogP contribution in [0.1, 0.15) is 27.2 Å². The molecule has 0 unspecified atom stereocenters. The fourth-order valence-electron chi connectivity index (χ4n) is 0.856. The van der Waals surface area contributed by atoms with Crippen molar-refractivity contribution in [3.05, 3.63) is 0 Å². The number of hydrogen-bond donors (Lipinski definition) is 2. The highest BCUT2D eigenvalue weighted by molar-refractivity contribution is 5.67. The van der Waals surface area contributed by atoms with Crippen molar-refractivity contribution in [3.63, 3.8) is 0 Å². The Morgan fingerprint density at radius 1 is 1.36 bits per heavy atom. The number of ether oxygens (including phenoxy) is 1. The normalized spacial score (nSPS) is 10.3. The Bertz CT molecular complexity index is 149. The molecule has 0 fully saturated rings. The SMILES string of the molecule is CCCNCCOC(=O)NCC(C)C. The van der Waals surface area contributed by atoms with Crippen LogP contribution in [0, 0.1) is 5.92 Å². The molecule has 84 valence electrons. The van der Waals surface area contributed by atoms with Crippen molar-refractivity contribution < 1.29 is 9.53 Å².